The van der Waals surface area contributed by atoms with Crippen molar-refractivity contribution in [2.45, 2.75) is 80.1 Å². The van der Waals surface area contributed by atoms with Crippen LogP contribution in [0.2, 0.25) is 0 Å². The molecule has 0 bridgehead atoms. The molecular formula is C62H52N2. The van der Waals surface area contributed by atoms with E-state index in [0.29, 0.717) is 0 Å². The summed E-state index contributed by atoms with van der Waals surface area (Å²) in [6.45, 7) is 23.8. The molecule has 0 N–H and O–H groups in total. The third-order valence-corrected chi connectivity index (χ3v) is 15.4. The number of aryl methyl sites for hydroxylation is 2. The van der Waals surface area contributed by atoms with Gasteiger partial charge in [0.1, 0.15) is 0 Å². The molecule has 0 atom stereocenters. The van der Waals surface area contributed by atoms with Gasteiger partial charge >= 0.3 is 0 Å². The van der Waals surface area contributed by atoms with Crippen molar-refractivity contribution in [1.82, 2.24) is 9.13 Å². The molecule has 2 heteroatoms. The lowest BCUT2D eigenvalue weighted by atomic mass is 9.73. The lowest BCUT2D eigenvalue weighted by Crippen LogP contribution is -2.18. The summed E-state index contributed by atoms with van der Waals surface area (Å²) in [6, 6.07) is 51.5. The van der Waals surface area contributed by atoms with Gasteiger partial charge in [-0.05, 0) is 173 Å². The fourth-order valence-electron chi connectivity index (χ4n) is 12.4. The van der Waals surface area contributed by atoms with Crippen molar-refractivity contribution < 1.29 is 0 Å². The van der Waals surface area contributed by atoms with E-state index in [1.54, 1.807) is 0 Å². The number of rotatable bonds is 2. The zero-order chi connectivity index (χ0) is 43.9. The van der Waals surface area contributed by atoms with Crippen LogP contribution in [0.4, 0.5) is 0 Å². The maximum atomic E-state index is 2.57. The number of benzene rings is 11. The van der Waals surface area contributed by atoms with Crippen LogP contribution >= 0.6 is 0 Å². The molecule has 0 fully saturated rings. The van der Waals surface area contributed by atoms with Gasteiger partial charge in [-0.25, -0.2) is 0 Å². The van der Waals surface area contributed by atoms with Crippen LogP contribution in [0.15, 0.2) is 133 Å². The summed E-state index contributed by atoms with van der Waals surface area (Å²) in [7, 11) is 0. The van der Waals surface area contributed by atoms with Crippen LogP contribution in [-0.4, -0.2) is 9.13 Å². The highest BCUT2D eigenvalue weighted by Crippen LogP contribution is 2.49. The molecule has 0 amide bonds. The van der Waals surface area contributed by atoms with Crippen molar-refractivity contribution in [2.75, 3.05) is 0 Å². The van der Waals surface area contributed by atoms with Crippen LogP contribution < -0.4 is 0 Å². The van der Waals surface area contributed by atoms with Gasteiger partial charge in [0, 0.05) is 32.9 Å². The van der Waals surface area contributed by atoms with E-state index in [0.717, 1.165) is 0 Å². The molecule has 13 rings (SSSR count). The predicted octanol–water partition coefficient (Wildman–Crippen LogP) is 17.5. The van der Waals surface area contributed by atoms with Gasteiger partial charge in [0.15, 0.2) is 0 Å². The highest BCUT2D eigenvalue weighted by molar-refractivity contribution is 6.26. The second kappa shape index (κ2) is 12.4. The van der Waals surface area contributed by atoms with Crippen LogP contribution in [-0.2, 0) is 10.8 Å². The van der Waals surface area contributed by atoms with Crippen LogP contribution in [0.1, 0.15) is 75.2 Å². The van der Waals surface area contributed by atoms with E-state index in [1.165, 1.54) is 153 Å². The van der Waals surface area contributed by atoms with Crippen molar-refractivity contribution in [2.24, 2.45) is 0 Å². The van der Waals surface area contributed by atoms with Gasteiger partial charge in [-0.1, -0.05) is 139 Å². The van der Waals surface area contributed by atoms with E-state index in [2.05, 4.69) is 212 Å². The Labute approximate surface area is 374 Å². The molecule has 0 aliphatic heterocycles. The molecule has 0 aliphatic carbocycles. The Kier molecular flexibility index (Phi) is 7.30. The minimum Gasteiger partial charge on any atom is -0.313 e. The van der Waals surface area contributed by atoms with Gasteiger partial charge in [0.05, 0.1) is 22.4 Å². The van der Waals surface area contributed by atoms with Crippen molar-refractivity contribution in [3.63, 3.8) is 0 Å². The lowest BCUT2D eigenvalue weighted by molar-refractivity contribution is 0.593. The first-order valence-corrected chi connectivity index (χ1v) is 23.1. The van der Waals surface area contributed by atoms with Crippen molar-refractivity contribution in [3.05, 3.63) is 167 Å². The fraction of sp³-hybridized carbons (Fsp3) is 0.194. The van der Waals surface area contributed by atoms with Crippen molar-refractivity contribution in [1.29, 1.82) is 0 Å². The molecule has 0 saturated heterocycles. The van der Waals surface area contributed by atoms with Crippen LogP contribution in [0.5, 0.6) is 0 Å². The summed E-state index contributed by atoms with van der Waals surface area (Å²) in [5.41, 5.74) is 12.9. The first-order chi connectivity index (χ1) is 30.7. The van der Waals surface area contributed by atoms with E-state index in [1.807, 2.05) is 0 Å². The maximum Gasteiger partial charge on any atom is 0.0540 e. The summed E-state index contributed by atoms with van der Waals surface area (Å²) in [6.07, 6.45) is 0. The molecular weight excluding hydrogens is 773 g/mol. The predicted molar refractivity (Wildman–Crippen MR) is 279 cm³/mol. The van der Waals surface area contributed by atoms with Crippen LogP contribution in [0.25, 0.3) is 119 Å². The standard InChI is InChI=1S/C62H52N2/c1-33-35(3)63(51-27-23-41-19-17-37-13-11-15-39-21-25-43(51)57(41)55(37)39)53-31-49-47(29-45(33)53)59(61(5,6)7)50-32-54-46(30-48(50)60(49)62(8,9)10)34(2)36(4)64(54)52-28-24-42-20-18-38-14-12-16-40-22-26-44(52)58(42)56(38)40/h11-32H,1-10H3. The average Bonchev–Trinajstić information content (AvgIpc) is 3.66. The minimum atomic E-state index is -0.139. The van der Waals surface area contributed by atoms with Gasteiger partial charge < -0.3 is 9.13 Å². The molecule has 2 heterocycles. The summed E-state index contributed by atoms with van der Waals surface area (Å²) < 4.78 is 5.13. The molecule has 0 aliphatic rings. The monoisotopic (exact) mass is 824 g/mol. The number of fused-ring (bicyclic) bond motifs is 4. The zero-order valence-electron chi connectivity index (χ0n) is 38.6. The van der Waals surface area contributed by atoms with Crippen LogP contribution in [0, 0.1) is 27.7 Å². The van der Waals surface area contributed by atoms with E-state index in [9.17, 15) is 0 Å². The number of aromatic nitrogens is 2. The second-order valence-corrected chi connectivity index (χ2v) is 21.1. The Balaban J connectivity index is 1.14. The Morgan fingerprint density at radius 1 is 0.312 bits per heavy atom. The Morgan fingerprint density at radius 3 is 0.984 bits per heavy atom. The zero-order valence-corrected chi connectivity index (χ0v) is 38.6. The molecule has 310 valence electrons. The van der Waals surface area contributed by atoms with E-state index in [4.69, 9.17) is 0 Å². The molecule has 0 unspecified atom stereocenters. The number of hydrogen-bond acceptors (Lipinski definition) is 0. The first kappa shape index (κ1) is 37.6. The highest BCUT2D eigenvalue weighted by Gasteiger charge is 2.31. The van der Waals surface area contributed by atoms with E-state index < -0.39 is 0 Å². The molecule has 0 spiro atoms. The largest absolute Gasteiger partial charge is 0.313 e. The van der Waals surface area contributed by atoms with Gasteiger partial charge in [0.2, 0.25) is 0 Å². The summed E-state index contributed by atoms with van der Waals surface area (Å²) in [5, 5.41) is 23.9. The van der Waals surface area contributed by atoms with E-state index >= 15 is 0 Å². The van der Waals surface area contributed by atoms with Crippen molar-refractivity contribution >= 4 is 108 Å². The van der Waals surface area contributed by atoms with Gasteiger partial charge in [-0.2, -0.15) is 0 Å². The second-order valence-electron chi connectivity index (χ2n) is 21.1. The normalized spacial score (nSPS) is 13.2. The Hall–Kier alpha value is -6.90. The molecule has 64 heavy (non-hydrogen) atoms. The quantitative estimate of drug-likeness (QED) is 0.121. The Morgan fingerprint density at radius 2 is 0.625 bits per heavy atom. The summed E-state index contributed by atoms with van der Waals surface area (Å²) in [5.74, 6) is 0. The molecule has 2 aromatic heterocycles. The SMILES string of the molecule is Cc1c(C)n(-c2ccc3ccc4cccc5ccc2c3c45)c2cc3c(C(C)(C)C)c4cc5c(C)c(C)n(-c6ccc7ccc8cccc9ccc6c7c89)c5cc4c(C(C)(C)C)c3cc12. The highest BCUT2D eigenvalue weighted by atomic mass is 15.0. The summed E-state index contributed by atoms with van der Waals surface area (Å²) in [4.78, 5) is 0. The maximum absolute atomic E-state index is 2.57. The van der Waals surface area contributed by atoms with Gasteiger partial charge in [0.25, 0.3) is 0 Å². The van der Waals surface area contributed by atoms with Gasteiger partial charge in [-0.3, -0.25) is 0 Å². The molecule has 13 aromatic rings. The molecule has 0 saturated carbocycles. The number of nitrogens with zero attached hydrogens (tertiary/aromatic N) is 2. The molecule has 11 aromatic carbocycles. The molecule has 2 nitrogen and oxygen atoms in total. The number of hydrogen-bond donors (Lipinski definition) is 0. The third kappa shape index (κ3) is 4.81. The first-order valence-electron chi connectivity index (χ1n) is 23.1. The summed E-state index contributed by atoms with van der Waals surface area (Å²) >= 11 is 0. The average molecular weight is 825 g/mol. The fourth-order valence-corrected chi connectivity index (χ4v) is 12.4. The van der Waals surface area contributed by atoms with Crippen molar-refractivity contribution in [3.8, 4) is 11.4 Å². The minimum absolute atomic E-state index is 0.139. The Bertz CT molecular complexity index is 3870. The van der Waals surface area contributed by atoms with E-state index in [-0.39, 0.29) is 10.8 Å². The van der Waals surface area contributed by atoms with Gasteiger partial charge in [-0.15, -0.1) is 0 Å². The molecule has 0 radical (unpaired) electrons. The third-order valence-electron chi connectivity index (χ3n) is 15.4. The topological polar surface area (TPSA) is 9.86 Å². The smallest absolute Gasteiger partial charge is 0.0540 e. The van der Waals surface area contributed by atoms with Crippen LogP contribution in [0.3, 0.4) is 0 Å². The lowest BCUT2D eigenvalue weighted by Gasteiger charge is -2.31.